The van der Waals surface area contributed by atoms with Crippen molar-refractivity contribution in [1.29, 1.82) is 0 Å². The number of hydrogen-bond acceptors (Lipinski definition) is 4. The molecule has 0 aliphatic rings. The summed E-state index contributed by atoms with van der Waals surface area (Å²) in [6, 6.07) is 7.40. The first-order valence-corrected chi connectivity index (χ1v) is 7.82. The second kappa shape index (κ2) is 7.29. The number of carbonyl (C=O) groups is 2. The largest absolute Gasteiger partial charge is 0.446 e. The van der Waals surface area contributed by atoms with Crippen LogP contribution in [0.5, 0.6) is 0 Å². The molecule has 0 unspecified atom stereocenters. The first kappa shape index (κ1) is 17.7. The lowest BCUT2D eigenvalue weighted by Crippen LogP contribution is -2.36. The van der Waals surface area contributed by atoms with E-state index in [9.17, 15) is 9.59 Å². The molecule has 2 amide bonds. The summed E-state index contributed by atoms with van der Waals surface area (Å²) < 4.78 is 5.14. The van der Waals surface area contributed by atoms with Gasteiger partial charge in [-0.1, -0.05) is 32.9 Å². The highest BCUT2D eigenvalue weighted by Crippen LogP contribution is 2.22. The molecule has 0 aliphatic carbocycles. The SMILES string of the molecule is Cc1ncoc1CNC(=O)CNC(=O)c1ccc(C(C)(C)C)cc1. The Kier molecular flexibility index (Phi) is 5.39. The molecule has 2 rings (SSSR count). The molecular formula is C18H23N3O3. The van der Waals surface area contributed by atoms with E-state index in [2.05, 4.69) is 36.4 Å². The molecule has 6 nitrogen and oxygen atoms in total. The number of rotatable bonds is 5. The molecule has 0 bridgehead atoms. The van der Waals surface area contributed by atoms with Crippen LogP contribution in [0.25, 0.3) is 0 Å². The van der Waals surface area contributed by atoms with E-state index in [0.29, 0.717) is 11.3 Å². The monoisotopic (exact) mass is 329 g/mol. The van der Waals surface area contributed by atoms with Gasteiger partial charge in [0.2, 0.25) is 5.91 Å². The Bertz CT molecular complexity index is 712. The predicted octanol–water partition coefficient (Wildman–Crippen LogP) is 2.33. The van der Waals surface area contributed by atoms with Crippen LogP contribution in [-0.4, -0.2) is 23.3 Å². The van der Waals surface area contributed by atoms with Crippen molar-refractivity contribution in [3.8, 4) is 0 Å². The summed E-state index contributed by atoms with van der Waals surface area (Å²) >= 11 is 0. The number of oxazole rings is 1. The van der Waals surface area contributed by atoms with Gasteiger partial charge in [-0.05, 0) is 30.0 Å². The van der Waals surface area contributed by atoms with Crippen LogP contribution in [-0.2, 0) is 16.8 Å². The van der Waals surface area contributed by atoms with Crippen LogP contribution in [0.1, 0.15) is 48.1 Å². The Morgan fingerprint density at radius 1 is 1.12 bits per heavy atom. The first-order valence-electron chi connectivity index (χ1n) is 7.82. The summed E-state index contributed by atoms with van der Waals surface area (Å²) in [5, 5.41) is 5.28. The lowest BCUT2D eigenvalue weighted by Gasteiger charge is -2.19. The van der Waals surface area contributed by atoms with Gasteiger partial charge in [-0.3, -0.25) is 9.59 Å². The maximum atomic E-state index is 12.1. The fourth-order valence-electron chi connectivity index (χ4n) is 2.12. The third-order valence-electron chi connectivity index (χ3n) is 3.71. The van der Waals surface area contributed by atoms with E-state index in [1.54, 1.807) is 19.1 Å². The summed E-state index contributed by atoms with van der Waals surface area (Å²) in [7, 11) is 0. The molecule has 24 heavy (non-hydrogen) atoms. The van der Waals surface area contributed by atoms with Gasteiger partial charge in [0.25, 0.3) is 5.91 Å². The molecule has 0 aliphatic heterocycles. The number of aryl methyl sites for hydroxylation is 1. The topological polar surface area (TPSA) is 84.2 Å². The van der Waals surface area contributed by atoms with Gasteiger partial charge in [-0.25, -0.2) is 4.98 Å². The minimum absolute atomic E-state index is 0.0354. The van der Waals surface area contributed by atoms with Gasteiger partial charge in [0.05, 0.1) is 18.8 Å². The normalized spacial score (nSPS) is 11.2. The van der Waals surface area contributed by atoms with Crippen LogP contribution >= 0.6 is 0 Å². The van der Waals surface area contributed by atoms with E-state index in [1.165, 1.54) is 6.39 Å². The summed E-state index contributed by atoms with van der Waals surface area (Å²) in [6.45, 7) is 8.30. The Balaban J connectivity index is 1.82. The van der Waals surface area contributed by atoms with Crippen LogP contribution in [0.15, 0.2) is 35.1 Å². The smallest absolute Gasteiger partial charge is 0.251 e. The number of benzene rings is 1. The molecule has 0 fully saturated rings. The number of nitrogens with zero attached hydrogens (tertiary/aromatic N) is 1. The van der Waals surface area contributed by atoms with Gasteiger partial charge in [0, 0.05) is 5.56 Å². The molecule has 1 heterocycles. The molecule has 0 atom stereocenters. The Morgan fingerprint density at radius 3 is 2.33 bits per heavy atom. The van der Waals surface area contributed by atoms with Crippen LogP contribution in [0, 0.1) is 6.92 Å². The quantitative estimate of drug-likeness (QED) is 0.882. The van der Waals surface area contributed by atoms with E-state index in [4.69, 9.17) is 4.42 Å². The highest BCUT2D eigenvalue weighted by molar-refractivity contribution is 5.96. The van der Waals surface area contributed by atoms with Gasteiger partial charge in [-0.2, -0.15) is 0 Å². The summed E-state index contributed by atoms with van der Waals surface area (Å²) in [5.74, 6) is 0.0411. The Morgan fingerprint density at radius 2 is 1.79 bits per heavy atom. The lowest BCUT2D eigenvalue weighted by molar-refractivity contribution is -0.120. The molecule has 0 saturated carbocycles. The van der Waals surface area contributed by atoms with Crippen molar-refractivity contribution in [2.75, 3.05) is 6.54 Å². The zero-order valence-corrected chi connectivity index (χ0v) is 14.5. The van der Waals surface area contributed by atoms with Crippen LogP contribution in [0.3, 0.4) is 0 Å². The Hall–Kier alpha value is -2.63. The van der Waals surface area contributed by atoms with E-state index in [-0.39, 0.29) is 30.3 Å². The second-order valence-corrected chi connectivity index (χ2v) is 6.65. The molecule has 0 spiro atoms. The van der Waals surface area contributed by atoms with Gasteiger partial charge in [0.1, 0.15) is 5.76 Å². The highest BCUT2D eigenvalue weighted by Gasteiger charge is 2.14. The van der Waals surface area contributed by atoms with Crippen molar-refractivity contribution >= 4 is 11.8 Å². The number of nitrogens with one attached hydrogen (secondary N) is 2. The van der Waals surface area contributed by atoms with E-state index >= 15 is 0 Å². The molecule has 6 heteroatoms. The van der Waals surface area contributed by atoms with E-state index < -0.39 is 0 Å². The van der Waals surface area contributed by atoms with Crippen LogP contribution < -0.4 is 10.6 Å². The third-order valence-corrected chi connectivity index (χ3v) is 3.71. The molecular weight excluding hydrogens is 306 g/mol. The molecule has 1 aromatic heterocycles. The zero-order chi connectivity index (χ0) is 17.7. The number of aromatic nitrogens is 1. The fourth-order valence-corrected chi connectivity index (χ4v) is 2.12. The second-order valence-electron chi connectivity index (χ2n) is 6.65. The standard InChI is InChI=1S/C18H23N3O3/c1-12-15(24-11-21-12)9-19-16(22)10-20-17(23)13-5-7-14(8-6-13)18(2,3)4/h5-8,11H,9-10H2,1-4H3,(H,19,22)(H,20,23). The summed E-state index contributed by atoms with van der Waals surface area (Å²) in [6.07, 6.45) is 1.33. The van der Waals surface area contributed by atoms with Crippen molar-refractivity contribution in [3.05, 3.63) is 53.2 Å². The molecule has 1 aromatic carbocycles. The minimum atomic E-state index is -0.287. The Labute approximate surface area is 141 Å². The number of amides is 2. The van der Waals surface area contributed by atoms with Crippen molar-refractivity contribution in [2.24, 2.45) is 0 Å². The average Bonchev–Trinajstić information content (AvgIpc) is 2.95. The third kappa shape index (κ3) is 4.68. The fraction of sp³-hybridized carbons (Fsp3) is 0.389. The molecule has 2 N–H and O–H groups in total. The van der Waals surface area contributed by atoms with Crippen molar-refractivity contribution < 1.29 is 14.0 Å². The minimum Gasteiger partial charge on any atom is -0.446 e. The average molecular weight is 329 g/mol. The van der Waals surface area contributed by atoms with E-state index in [1.807, 2.05) is 12.1 Å². The number of hydrogen-bond donors (Lipinski definition) is 2. The van der Waals surface area contributed by atoms with Gasteiger partial charge in [0.15, 0.2) is 6.39 Å². The maximum Gasteiger partial charge on any atom is 0.251 e. The van der Waals surface area contributed by atoms with Crippen molar-refractivity contribution in [1.82, 2.24) is 15.6 Å². The van der Waals surface area contributed by atoms with Crippen LogP contribution in [0.2, 0.25) is 0 Å². The summed E-state index contributed by atoms with van der Waals surface area (Å²) in [4.78, 5) is 27.8. The van der Waals surface area contributed by atoms with Crippen molar-refractivity contribution in [2.45, 2.75) is 39.7 Å². The summed E-state index contributed by atoms with van der Waals surface area (Å²) in [5.41, 5.74) is 2.45. The molecule has 128 valence electrons. The molecule has 0 saturated heterocycles. The molecule has 2 aromatic rings. The van der Waals surface area contributed by atoms with Crippen LogP contribution in [0.4, 0.5) is 0 Å². The van der Waals surface area contributed by atoms with Gasteiger partial charge >= 0.3 is 0 Å². The highest BCUT2D eigenvalue weighted by atomic mass is 16.3. The zero-order valence-electron chi connectivity index (χ0n) is 14.5. The molecule has 0 radical (unpaired) electrons. The van der Waals surface area contributed by atoms with E-state index in [0.717, 1.165) is 11.3 Å². The maximum absolute atomic E-state index is 12.1. The van der Waals surface area contributed by atoms with Gasteiger partial charge < -0.3 is 15.1 Å². The lowest BCUT2D eigenvalue weighted by atomic mass is 9.87. The van der Waals surface area contributed by atoms with Crippen molar-refractivity contribution in [3.63, 3.8) is 0 Å². The van der Waals surface area contributed by atoms with Gasteiger partial charge in [-0.15, -0.1) is 0 Å². The predicted molar refractivity (Wildman–Crippen MR) is 90.6 cm³/mol. The first-order chi connectivity index (χ1) is 11.3. The number of carbonyl (C=O) groups excluding carboxylic acids is 2.